The molecule has 2 amide bonds. The standard InChI is InChI=1S/C23H26FN3O4/c1-23(2,3)31-22(30)26-14-17(13-24)20(28)16-7-8-18-15(12-16)9-11-27(21(18)29)19-6-4-5-10-25-19/h4-8,10,12-13,20,28H,9,11,14H2,1-3H3,(H,26,30)/b17-13-. The molecule has 0 radical (unpaired) electrons. The molecular formula is C23H26FN3O4. The number of rotatable bonds is 5. The van der Waals surface area contributed by atoms with Crippen LogP contribution >= 0.6 is 0 Å². The topological polar surface area (TPSA) is 91.8 Å². The zero-order chi connectivity index (χ0) is 22.6. The van der Waals surface area contributed by atoms with Gasteiger partial charge in [-0.25, -0.2) is 14.2 Å². The van der Waals surface area contributed by atoms with Gasteiger partial charge in [0.2, 0.25) is 0 Å². The lowest BCUT2D eigenvalue weighted by atomic mass is 9.93. The van der Waals surface area contributed by atoms with E-state index in [-0.39, 0.29) is 24.4 Å². The molecule has 8 heteroatoms. The number of hydrogen-bond acceptors (Lipinski definition) is 5. The third-order valence-corrected chi connectivity index (χ3v) is 4.78. The fourth-order valence-corrected chi connectivity index (χ4v) is 3.31. The van der Waals surface area contributed by atoms with Crippen molar-refractivity contribution in [1.29, 1.82) is 0 Å². The highest BCUT2D eigenvalue weighted by molar-refractivity contribution is 6.07. The Hall–Kier alpha value is -3.26. The highest BCUT2D eigenvalue weighted by Gasteiger charge is 2.27. The van der Waals surface area contributed by atoms with Crippen LogP contribution in [0.25, 0.3) is 0 Å². The summed E-state index contributed by atoms with van der Waals surface area (Å²) in [5.74, 6) is 0.409. The molecule has 0 bridgehead atoms. The Bertz CT molecular complexity index is 986. The molecule has 0 spiro atoms. The molecule has 1 aliphatic rings. The van der Waals surface area contributed by atoms with Crippen molar-refractivity contribution >= 4 is 17.8 Å². The van der Waals surface area contributed by atoms with Gasteiger partial charge in [-0.1, -0.05) is 18.2 Å². The summed E-state index contributed by atoms with van der Waals surface area (Å²) in [5, 5.41) is 13.1. The molecule has 1 aliphatic heterocycles. The van der Waals surface area contributed by atoms with Crippen LogP contribution in [-0.2, 0) is 11.2 Å². The highest BCUT2D eigenvalue weighted by Crippen LogP contribution is 2.28. The molecule has 0 saturated carbocycles. The number of alkyl carbamates (subject to hydrolysis) is 1. The van der Waals surface area contributed by atoms with Crippen LogP contribution < -0.4 is 10.2 Å². The molecule has 2 heterocycles. The van der Waals surface area contributed by atoms with E-state index in [2.05, 4.69) is 10.3 Å². The average molecular weight is 427 g/mol. The van der Waals surface area contributed by atoms with Gasteiger partial charge in [-0.2, -0.15) is 0 Å². The summed E-state index contributed by atoms with van der Waals surface area (Å²) < 4.78 is 18.6. The Morgan fingerprint density at radius 3 is 2.77 bits per heavy atom. The number of pyridine rings is 1. The summed E-state index contributed by atoms with van der Waals surface area (Å²) in [5.41, 5.74) is 1.02. The number of hydrogen-bond donors (Lipinski definition) is 2. The van der Waals surface area contributed by atoms with Crippen LogP contribution in [0.15, 0.2) is 54.5 Å². The molecule has 1 unspecified atom stereocenters. The molecule has 0 fully saturated rings. The average Bonchev–Trinajstić information content (AvgIpc) is 2.73. The second-order valence-electron chi connectivity index (χ2n) is 8.25. The minimum absolute atomic E-state index is 0.0249. The van der Waals surface area contributed by atoms with Crippen LogP contribution in [0.5, 0.6) is 0 Å². The Labute approximate surface area is 180 Å². The Morgan fingerprint density at radius 1 is 1.35 bits per heavy atom. The van der Waals surface area contributed by atoms with Gasteiger partial charge in [0.1, 0.15) is 17.5 Å². The summed E-state index contributed by atoms with van der Waals surface area (Å²) in [7, 11) is 0. The zero-order valence-electron chi connectivity index (χ0n) is 17.8. The number of ether oxygens (including phenoxy) is 1. The number of nitrogens with zero attached hydrogens (tertiary/aromatic N) is 2. The maximum Gasteiger partial charge on any atom is 0.407 e. The number of aromatic nitrogens is 1. The molecule has 1 atom stereocenters. The largest absolute Gasteiger partial charge is 0.444 e. The summed E-state index contributed by atoms with van der Waals surface area (Å²) in [6, 6.07) is 10.3. The van der Waals surface area contributed by atoms with Gasteiger partial charge in [0, 0.05) is 30.4 Å². The number of carbonyl (C=O) groups is 2. The second kappa shape index (κ2) is 9.26. The van der Waals surface area contributed by atoms with Crippen molar-refractivity contribution in [3.05, 3.63) is 71.2 Å². The molecular weight excluding hydrogens is 401 g/mol. The van der Waals surface area contributed by atoms with Crippen LogP contribution in [-0.4, -0.2) is 40.8 Å². The van der Waals surface area contributed by atoms with Crippen LogP contribution in [0.4, 0.5) is 15.0 Å². The maximum atomic E-state index is 13.4. The Kier molecular flexibility index (Phi) is 6.70. The number of fused-ring (bicyclic) bond motifs is 1. The van der Waals surface area contributed by atoms with Gasteiger partial charge in [0.25, 0.3) is 5.91 Å². The van der Waals surface area contributed by atoms with Gasteiger partial charge in [-0.15, -0.1) is 0 Å². The first-order valence-electron chi connectivity index (χ1n) is 9.99. The van der Waals surface area contributed by atoms with Gasteiger partial charge < -0.3 is 15.2 Å². The lowest BCUT2D eigenvalue weighted by Gasteiger charge is -2.28. The van der Waals surface area contributed by atoms with Gasteiger partial charge in [-0.3, -0.25) is 9.69 Å². The number of carbonyl (C=O) groups excluding carboxylic acids is 2. The van der Waals surface area contributed by atoms with Gasteiger partial charge >= 0.3 is 6.09 Å². The van der Waals surface area contributed by atoms with Crippen molar-refractivity contribution < 1.29 is 23.8 Å². The van der Waals surface area contributed by atoms with Crippen molar-refractivity contribution in [2.24, 2.45) is 0 Å². The Morgan fingerprint density at radius 2 is 2.13 bits per heavy atom. The van der Waals surface area contributed by atoms with Gasteiger partial charge in [-0.05, 0) is 56.5 Å². The third-order valence-electron chi connectivity index (χ3n) is 4.78. The fourth-order valence-electron chi connectivity index (χ4n) is 3.31. The van der Waals surface area contributed by atoms with Crippen molar-refractivity contribution in [3.8, 4) is 0 Å². The van der Waals surface area contributed by atoms with Crippen LogP contribution in [0, 0.1) is 0 Å². The van der Waals surface area contributed by atoms with Crippen molar-refractivity contribution in [3.63, 3.8) is 0 Å². The lowest BCUT2D eigenvalue weighted by Crippen LogP contribution is -2.38. The summed E-state index contributed by atoms with van der Waals surface area (Å²) in [6.45, 7) is 5.40. The van der Waals surface area contributed by atoms with Crippen LogP contribution in [0.1, 0.15) is 48.4 Å². The lowest BCUT2D eigenvalue weighted by molar-refractivity contribution is 0.0529. The molecule has 31 heavy (non-hydrogen) atoms. The number of aliphatic hydroxyl groups excluding tert-OH is 1. The zero-order valence-corrected chi connectivity index (χ0v) is 17.8. The molecule has 2 N–H and O–H groups in total. The number of amides is 2. The van der Waals surface area contributed by atoms with E-state index in [0.29, 0.717) is 29.9 Å². The molecule has 0 saturated heterocycles. The first-order valence-corrected chi connectivity index (χ1v) is 9.99. The molecule has 3 rings (SSSR count). The maximum absolute atomic E-state index is 13.4. The summed E-state index contributed by atoms with van der Waals surface area (Å²) in [6.07, 6.45) is 0.505. The Balaban J connectivity index is 1.71. The van der Waals surface area contributed by atoms with Crippen LogP contribution in [0.2, 0.25) is 0 Å². The first kappa shape index (κ1) is 22.4. The fraction of sp³-hybridized carbons (Fsp3) is 0.348. The quantitative estimate of drug-likeness (QED) is 0.759. The number of nitrogens with one attached hydrogen (secondary N) is 1. The number of aliphatic hydroxyl groups is 1. The smallest absolute Gasteiger partial charge is 0.407 e. The minimum atomic E-state index is -1.27. The third kappa shape index (κ3) is 5.46. The summed E-state index contributed by atoms with van der Waals surface area (Å²) in [4.78, 5) is 30.5. The summed E-state index contributed by atoms with van der Waals surface area (Å²) >= 11 is 0. The predicted octanol–water partition coefficient (Wildman–Crippen LogP) is 3.70. The minimum Gasteiger partial charge on any atom is -0.444 e. The number of anilines is 1. The van der Waals surface area contributed by atoms with Crippen LogP contribution in [0.3, 0.4) is 0 Å². The van der Waals surface area contributed by atoms with E-state index in [0.717, 1.165) is 5.56 Å². The van der Waals surface area contributed by atoms with E-state index >= 15 is 0 Å². The molecule has 2 aromatic rings. The molecule has 7 nitrogen and oxygen atoms in total. The van der Waals surface area contributed by atoms with Gasteiger partial charge in [0.15, 0.2) is 0 Å². The van der Waals surface area contributed by atoms with Crippen molar-refractivity contribution in [2.75, 3.05) is 18.0 Å². The SMILES string of the molecule is CC(C)(C)OC(=O)NC/C(=C/F)C(O)c1ccc2c(c1)CCN(c1ccccn1)C2=O. The molecule has 0 aliphatic carbocycles. The molecule has 1 aromatic carbocycles. The predicted molar refractivity (Wildman–Crippen MR) is 114 cm³/mol. The van der Waals surface area contributed by atoms with E-state index in [1.165, 1.54) is 0 Å². The van der Waals surface area contributed by atoms with E-state index in [1.807, 2.05) is 6.07 Å². The molecule has 1 aromatic heterocycles. The van der Waals surface area contributed by atoms with E-state index < -0.39 is 17.8 Å². The number of benzene rings is 1. The van der Waals surface area contributed by atoms with E-state index in [9.17, 15) is 19.1 Å². The monoisotopic (exact) mass is 427 g/mol. The highest BCUT2D eigenvalue weighted by atomic mass is 19.1. The van der Waals surface area contributed by atoms with Crippen molar-refractivity contribution in [2.45, 2.75) is 38.9 Å². The van der Waals surface area contributed by atoms with Gasteiger partial charge in [0.05, 0.1) is 6.33 Å². The number of halogens is 1. The van der Waals surface area contributed by atoms with E-state index in [1.54, 1.807) is 62.2 Å². The van der Waals surface area contributed by atoms with Crippen molar-refractivity contribution in [1.82, 2.24) is 10.3 Å². The normalized spacial score (nSPS) is 15.3. The van der Waals surface area contributed by atoms with E-state index in [4.69, 9.17) is 4.74 Å². The first-order chi connectivity index (χ1) is 14.7. The molecule has 164 valence electrons. The second-order valence-corrected chi connectivity index (χ2v) is 8.25.